The zero-order valence-electron chi connectivity index (χ0n) is 23.7. The maximum absolute atomic E-state index is 14.4. The standard InChI is InChI=1S/C32H26N4O8/c1-3-44-31(42)25-18(2)33(16-35-27(38)19-10-4-5-11-20(19)28(35)39)32(43)34(26(25)23-14-8-9-15-24(23)37)17-36-29(40)21-12-6-7-13-22(21)30(36)41/h4-15,26,37H,3,16-17H2,1-2H3. The summed E-state index contributed by atoms with van der Waals surface area (Å²) in [6, 6.07) is 16.4. The molecule has 12 heteroatoms. The summed E-state index contributed by atoms with van der Waals surface area (Å²) in [5.41, 5.74) is 0.772. The number of hydrogen-bond acceptors (Lipinski definition) is 8. The lowest BCUT2D eigenvalue weighted by atomic mass is 9.92. The molecule has 0 aliphatic carbocycles. The Morgan fingerprint density at radius 2 is 1.16 bits per heavy atom. The van der Waals surface area contributed by atoms with Crippen LogP contribution in [0.1, 0.15) is 66.9 Å². The van der Waals surface area contributed by atoms with E-state index in [4.69, 9.17) is 4.74 Å². The van der Waals surface area contributed by atoms with E-state index in [-0.39, 0.29) is 51.4 Å². The van der Waals surface area contributed by atoms with Crippen molar-refractivity contribution < 1.29 is 38.6 Å². The number of phenolic OH excluding ortho intramolecular Hbond substituents is 1. The summed E-state index contributed by atoms with van der Waals surface area (Å²) in [5.74, 6) is -3.63. The Hall–Kier alpha value is -5.78. The van der Waals surface area contributed by atoms with E-state index in [0.29, 0.717) is 0 Å². The first-order valence-electron chi connectivity index (χ1n) is 13.8. The van der Waals surface area contributed by atoms with Gasteiger partial charge in [0.1, 0.15) is 19.1 Å². The van der Waals surface area contributed by atoms with Crippen molar-refractivity contribution in [3.8, 4) is 5.75 Å². The second kappa shape index (κ2) is 10.8. The average Bonchev–Trinajstić information content (AvgIpc) is 3.41. The van der Waals surface area contributed by atoms with Crippen LogP contribution in [-0.4, -0.2) is 80.3 Å². The van der Waals surface area contributed by atoms with Crippen LogP contribution in [0.15, 0.2) is 84.1 Å². The normalized spacial score (nSPS) is 18.0. The third-order valence-electron chi connectivity index (χ3n) is 7.92. The highest BCUT2D eigenvalue weighted by Crippen LogP contribution is 2.42. The average molecular weight is 595 g/mol. The van der Waals surface area contributed by atoms with E-state index in [2.05, 4.69) is 0 Å². The minimum atomic E-state index is -1.30. The van der Waals surface area contributed by atoms with E-state index >= 15 is 0 Å². The smallest absolute Gasteiger partial charge is 0.338 e. The molecule has 0 fully saturated rings. The molecule has 3 aliphatic heterocycles. The minimum Gasteiger partial charge on any atom is -0.508 e. The molecule has 3 heterocycles. The van der Waals surface area contributed by atoms with E-state index in [0.717, 1.165) is 19.6 Å². The molecule has 0 radical (unpaired) electrons. The van der Waals surface area contributed by atoms with Crippen molar-refractivity contribution in [3.05, 3.63) is 112 Å². The summed E-state index contributed by atoms with van der Waals surface area (Å²) < 4.78 is 5.36. The highest BCUT2D eigenvalue weighted by molar-refractivity contribution is 6.22. The van der Waals surface area contributed by atoms with Gasteiger partial charge in [0.2, 0.25) is 0 Å². The highest BCUT2D eigenvalue weighted by atomic mass is 16.5. The first-order chi connectivity index (χ1) is 21.1. The molecule has 1 N–H and O–H groups in total. The van der Waals surface area contributed by atoms with Crippen molar-refractivity contribution in [1.82, 2.24) is 19.6 Å². The maximum atomic E-state index is 14.4. The molecule has 3 aromatic rings. The molecule has 3 aromatic carbocycles. The van der Waals surface area contributed by atoms with Crippen molar-refractivity contribution in [2.24, 2.45) is 0 Å². The number of imide groups is 2. The number of urea groups is 1. The van der Waals surface area contributed by atoms with E-state index in [9.17, 15) is 33.9 Å². The van der Waals surface area contributed by atoms with Crippen LogP contribution in [0.2, 0.25) is 0 Å². The minimum absolute atomic E-state index is 0.0200. The third kappa shape index (κ3) is 4.30. The number of benzene rings is 3. The summed E-state index contributed by atoms with van der Waals surface area (Å²) in [4.78, 5) is 85.0. The summed E-state index contributed by atoms with van der Waals surface area (Å²) in [7, 11) is 0. The fourth-order valence-electron chi connectivity index (χ4n) is 5.76. The van der Waals surface area contributed by atoms with E-state index < -0.39 is 55.0 Å². The Labute approximate surface area is 251 Å². The Bertz CT molecular complexity index is 1740. The predicted molar refractivity (Wildman–Crippen MR) is 153 cm³/mol. The number of allylic oxidation sites excluding steroid dienone is 1. The van der Waals surface area contributed by atoms with Crippen LogP contribution in [0.4, 0.5) is 4.79 Å². The zero-order chi connectivity index (χ0) is 31.3. The lowest BCUT2D eigenvalue weighted by Crippen LogP contribution is -2.57. The topological polar surface area (TPSA) is 145 Å². The molecule has 0 saturated carbocycles. The number of phenols is 1. The van der Waals surface area contributed by atoms with Crippen molar-refractivity contribution in [2.75, 3.05) is 19.9 Å². The zero-order valence-corrected chi connectivity index (χ0v) is 23.7. The summed E-state index contributed by atoms with van der Waals surface area (Å²) >= 11 is 0. The van der Waals surface area contributed by atoms with Crippen LogP contribution >= 0.6 is 0 Å². The molecular formula is C32H26N4O8. The van der Waals surface area contributed by atoms with Crippen molar-refractivity contribution in [3.63, 3.8) is 0 Å². The number of ether oxygens (including phenoxy) is 1. The van der Waals surface area contributed by atoms with Gasteiger partial charge in [0.25, 0.3) is 23.6 Å². The van der Waals surface area contributed by atoms with Gasteiger partial charge in [0, 0.05) is 11.3 Å². The van der Waals surface area contributed by atoms with Crippen LogP contribution < -0.4 is 0 Å². The number of amides is 6. The molecule has 0 saturated heterocycles. The number of hydrogen-bond donors (Lipinski definition) is 1. The van der Waals surface area contributed by atoms with Gasteiger partial charge in [0.05, 0.1) is 40.5 Å². The van der Waals surface area contributed by atoms with Crippen LogP contribution in [0, 0.1) is 0 Å². The first kappa shape index (κ1) is 28.3. The summed E-state index contributed by atoms with van der Waals surface area (Å²) in [5, 5.41) is 10.9. The molecule has 0 aromatic heterocycles. The number of carbonyl (C=O) groups is 6. The Morgan fingerprint density at radius 3 is 1.64 bits per heavy atom. The molecule has 0 bridgehead atoms. The number of para-hydroxylation sites is 1. The second-order valence-electron chi connectivity index (χ2n) is 10.3. The summed E-state index contributed by atoms with van der Waals surface area (Å²) in [6.07, 6.45) is 0. The number of rotatable bonds is 7. The number of fused-ring (bicyclic) bond motifs is 2. The Balaban J connectivity index is 1.47. The van der Waals surface area contributed by atoms with Gasteiger partial charge in [-0.3, -0.25) is 38.8 Å². The second-order valence-corrected chi connectivity index (χ2v) is 10.3. The molecular weight excluding hydrogens is 568 g/mol. The largest absolute Gasteiger partial charge is 0.508 e. The van der Waals surface area contributed by atoms with Crippen molar-refractivity contribution in [1.29, 1.82) is 0 Å². The van der Waals surface area contributed by atoms with Gasteiger partial charge < -0.3 is 9.84 Å². The molecule has 3 aliphatic rings. The number of aromatic hydroxyl groups is 1. The van der Waals surface area contributed by atoms with Crippen molar-refractivity contribution in [2.45, 2.75) is 19.9 Å². The molecule has 12 nitrogen and oxygen atoms in total. The highest BCUT2D eigenvalue weighted by Gasteiger charge is 2.48. The van der Waals surface area contributed by atoms with E-state index in [1.807, 2.05) is 0 Å². The Morgan fingerprint density at radius 1 is 0.705 bits per heavy atom. The van der Waals surface area contributed by atoms with Crippen molar-refractivity contribution >= 4 is 35.6 Å². The van der Waals surface area contributed by atoms with Gasteiger partial charge in [-0.2, -0.15) is 0 Å². The van der Waals surface area contributed by atoms with Gasteiger partial charge in [0.15, 0.2) is 0 Å². The molecule has 1 unspecified atom stereocenters. The van der Waals surface area contributed by atoms with Gasteiger partial charge in [-0.25, -0.2) is 9.59 Å². The van der Waals surface area contributed by atoms with Gasteiger partial charge in [-0.05, 0) is 44.2 Å². The molecule has 44 heavy (non-hydrogen) atoms. The maximum Gasteiger partial charge on any atom is 0.338 e. The molecule has 222 valence electrons. The van der Waals surface area contributed by atoms with Gasteiger partial charge in [-0.15, -0.1) is 0 Å². The van der Waals surface area contributed by atoms with E-state index in [1.54, 1.807) is 43.3 Å². The van der Waals surface area contributed by atoms with Gasteiger partial charge >= 0.3 is 12.0 Å². The lowest BCUT2D eigenvalue weighted by Gasteiger charge is -2.44. The van der Waals surface area contributed by atoms with Gasteiger partial charge in [-0.1, -0.05) is 42.5 Å². The number of nitrogens with zero attached hydrogens (tertiary/aromatic N) is 4. The quantitative estimate of drug-likeness (QED) is 0.323. The first-order valence-corrected chi connectivity index (χ1v) is 13.8. The predicted octanol–water partition coefficient (Wildman–Crippen LogP) is 3.52. The third-order valence-corrected chi connectivity index (χ3v) is 7.92. The van der Waals surface area contributed by atoms with Crippen LogP contribution in [0.5, 0.6) is 5.75 Å². The molecule has 0 spiro atoms. The number of esters is 1. The van der Waals surface area contributed by atoms with Crippen LogP contribution in [-0.2, 0) is 9.53 Å². The molecule has 6 amide bonds. The fourth-order valence-corrected chi connectivity index (χ4v) is 5.76. The van der Waals surface area contributed by atoms with Crippen LogP contribution in [0.25, 0.3) is 0 Å². The van der Waals surface area contributed by atoms with Crippen LogP contribution in [0.3, 0.4) is 0 Å². The monoisotopic (exact) mass is 594 g/mol. The molecule has 1 atom stereocenters. The van der Waals surface area contributed by atoms with E-state index in [1.165, 1.54) is 43.3 Å². The Kier molecular flexibility index (Phi) is 6.96. The lowest BCUT2D eigenvalue weighted by molar-refractivity contribution is -0.139. The fraction of sp³-hybridized carbons (Fsp3) is 0.188. The summed E-state index contributed by atoms with van der Waals surface area (Å²) in [6.45, 7) is 1.87. The molecule has 6 rings (SSSR count). The number of carbonyl (C=O) groups excluding carboxylic acids is 6. The SMILES string of the molecule is CCOC(=O)C1=C(C)N(CN2C(=O)c3ccccc3C2=O)C(=O)N(CN2C(=O)c3ccccc3C2=O)C1c1ccccc1O.